The molecular weight excluding hydrogens is 236 g/mol. The van der Waals surface area contributed by atoms with E-state index in [9.17, 15) is 4.79 Å². The molecule has 0 bridgehead atoms. The Labute approximate surface area is 103 Å². The highest BCUT2D eigenvalue weighted by molar-refractivity contribution is 7.14. The summed E-state index contributed by atoms with van der Waals surface area (Å²) in [7, 11) is 1.73. The summed E-state index contributed by atoms with van der Waals surface area (Å²) in [5, 5.41) is 8.02. The molecule has 5 nitrogen and oxygen atoms in total. The van der Waals surface area contributed by atoms with Gasteiger partial charge in [-0.25, -0.2) is 4.98 Å². The number of likely N-dealkylation sites (N-methyl/N-ethyl adjacent to an activating group) is 1. The molecule has 1 amide bonds. The molecule has 2 aromatic heterocycles. The van der Waals surface area contributed by atoms with Gasteiger partial charge in [0.15, 0.2) is 5.13 Å². The van der Waals surface area contributed by atoms with Crippen LogP contribution in [0.25, 0.3) is 11.3 Å². The molecule has 2 aromatic rings. The zero-order valence-corrected chi connectivity index (χ0v) is 10.1. The fourth-order valence-electron chi connectivity index (χ4n) is 1.31. The first-order valence-electron chi connectivity index (χ1n) is 5.10. The van der Waals surface area contributed by atoms with Crippen LogP contribution in [0.1, 0.15) is 0 Å². The number of anilines is 1. The van der Waals surface area contributed by atoms with Crippen molar-refractivity contribution in [2.75, 3.05) is 18.9 Å². The van der Waals surface area contributed by atoms with Gasteiger partial charge in [-0.05, 0) is 19.2 Å². The van der Waals surface area contributed by atoms with E-state index in [2.05, 4.69) is 20.6 Å². The predicted octanol–water partition coefficient (Wildman–Crippen LogP) is 1.36. The highest BCUT2D eigenvalue weighted by atomic mass is 32.1. The molecule has 0 aromatic carbocycles. The summed E-state index contributed by atoms with van der Waals surface area (Å²) in [6, 6.07) is 3.77. The fourth-order valence-corrected chi connectivity index (χ4v) is 2.05. The molecule has 0 aliphatic carbocycles. The zero-order chi connectivity index (χ0) is 12.1. The second-order valence-electron chi connectivity index (χ2n) is 3.35. The van der Waals surface area contributed by atoms with Crippen molar-refractivity contribution < 1.29 is 4.79 Å². The molecule has 2 rings (SSSR count). The Morgan fingerprint density at radius 1 is 1.41 bits per heavy atom. The quantitative estimate of drug-likeness (QED) is 0.857. The van der Waals surface area contributed by atoms with Crippen LogP contribution < -0.4 is 10.6 Å². The smallest absolute Gasteiger partial charge is 0.240 e. The Morgan fingerprint density at radius 2 is 2.18 bits per heavy atom. The number of pyridine rings is 1. The van der Waals surface area contributed by atoms with E-state index in [1.54, 1.807) is 19.4 Å². The molecule has 6 heteroatoms. The predicted molar refractivity (Wildman–Crippen MR) is 67.9 cm³/mol. The van der Waals surface area contributed by atoms with Crippen LogP contribution in [0.2, 0.25) is 0 Å². The number of thiazole rings is 1. The molecule has 0 radical (unpaired) electrons. The van der Waals surface area contributed by atoms with Crippen molar-refractivity contribution in [1.82, 2.24) is 15.3 Å². The molecule has 2 heterocycles. The van der Waals surface area contributed by atoms with Gasteiger partial charge in [0.25, 0.3) is 0 Å². The largest absolute Gasteiger partial charge is 0.311 e. The van der Waals surface area contributed by atoms with E-state index in [0.717, 1.165) is 11.3 Å². The summed E-state index contributed by atoms with van der Waals surface area (Å²) in [6.07, 6.45) is 3.43. The van der Waals surface area contributed by atoms with Crippen LogP contribution >= 0.6 is 11.3 Å². The number of carbonyl (C=O) groups excluding carboxylic acids is 1. The van der Waals surface area contributed by atoms with Crippen molar-refractivity contribution in [1.29, 1.82) is 0 Å². The van der Waals surface area contributed by atoms with Gasteiger partial charge in [-0.15, -0.1) is 11.3 Å². The SMILES string of the molecule is CNCC(=O)Nc1nc(-c2ccncc2)cs1. The second-order valence-corrected chi connectivity index (χ2v) is 4.21. The zero-order valence-electron chi connectivity index (χ0n) is 9.30. The van der Waals surface area contributed by atoms with Crippen LogP contribution in [0.3, 0.4) is 0 Å². The summed E-state index contributed by atoms with van der Waals surface area (Å²) in [5.41, 5.74) is 1.84. The number of nitrogens with zero attached hydrogens (tertiary/aromatic N) is 2. The highest BCUT2D eigenvalue weighted by Gasteiger charge is 2.06. The Kier molecular flexibility index (Phi) is 3.79. The number of carbonyl (C=O) groups is 1. The maximum atomic E-state index is 11.3. The van der Waals surface area contributed by atoms with Gasteiger partial charge < -0.3 is 10.6 Å². The second kappa shape index (κ2) is 5.51. The third kappa shape index (κ3) is 3.08. The summed E-state index contributed by atoms with van der Waals surface area (Å²) >= 11 is 1.41. The van der Waals surface area contributed by atoms with E-state index in [1.165, 1.54) is 11.3 Å². The average Bonchev–Trinajstić information content (AvgIpc) is 2.79. The summed E-state index contributed by atoms with van der Waals surface area (Å²) in [4.78, 5) is 19.6. The minimum Gasteiger partial charge on any atom is -0.311 e. The first-order chi connectivity index (χ1) is 8.29. The molecule has 88 valence electrons. The van der Waals surface area contributed by atoms with Crippen LogP contribution in [0.15, 0.2) is 29.9 Å². The highest BCUT2D eigenvalue weighted by Crippen LogP contribution is 2.23. The van der Waals surface area contributed by atoms with Crippen molar-refractivity contribution in [2.45, 2.75) is 0 Å². The number of nitrogens with one attached hydrogen (secondary N) is 2. The van der Waals surface area contributed by atoms with Gasteiger partial charge in [0.1, 0.15) is 0 Å². The van der Waals surface area contributed by atoms with Crippen LogP contribution in [-0.2, 0) is 4.79 Å². The first-order valence-corrected chi connectivity index (χ1v) is 5.98. The number of amides is 1. The molecule has 17 heavy (non-hydrogen) atoms. The van der Waals surface area contributed by atoms with Crippen LogP contribution in [0.4, 0.5) is 5.13 Å². The standard InChI is InChI=1S/C11H12N4OS/c1-12-6-10(16)15-11-14-9(7-17-11)8-2-4-13-5-3-8/h2-5,7,12H,6H2,1H3,(H,14,15,16). The van der Waals surface area contributed by atoms with Crippen molar-refractivity contribution >= 4 is 22.4 Å². The van der Waals surface area contributed by atoms with Crippen LogP contribution in [-0.4, -0.2) is 29.5 Å². The molecule has 0 saturated carbocycles. The molecule has 0 fully saturated rings. The fraction of sp³-hybridized carbons (Fsp3) is 0.182. The van der Waals surface area contributed by atoms with Crippen LogP contribution in [0.5, 0.6) is 0 Å². The molecule has 0 spiro atoms. The van der Waals surface area contributed by atoms with E-state index in [4.69, 9.17) is 0 Å². The molecule has 0 saturated heterocycles. The van der Waals surface area contributed by atoms with Gasteiger partial charge in [0.05, 0.1) is 12.2 Å². The van der Waals surface area contributed by atoms with Crippen molar-refractivity contribution in [3.05, 3.63) is 29.9 Å². The lowest BCUT2D eigenvalue weighted by atomic mass is 10.2. The number of hydrogen-bond donors (Lipinski definition) is 2. The van der Waals surface area contributed by atoms with Crippen LogP contribution in [0, 0.1) is 0 Å². The Hall–Kier alpha value is -1.79. The Balaban J connectivity index is 2.09. The Morgan fingerprint density at radius 3 is 2.88 bits per heavy atom. The minimum atomic E-state index is -0.0943. The van der Waals surface area contributed by atoms with Gasteiger partial charge in [-0.3, -0.25) is 9.78 Å². The van der Waals surface area contributed by atoms with E-state index in [1.807, 2.05) is 17.5 Å². The Bertz CT molecular complexity index is 497. The van der Waals surface area contributed by atoms with Crippen molar-refractivity contribution in [3.8, 4) is 11.3 Å². The van der Waals surface area contributed by atoms with Gasteiger partial charge in [0, 0.05) is 23.3 Å². The molecule has 0 unspecified atom stereocenters. The summed E-state index contributed by atoms with van der Waals surface area (Å²) < 4.78 is 0. The molecular formula is C11H12N4OS. The first kappa shape index (κ1) is 11.7. The lowest BCUT2D eigenvalue weighted by molar-refractivity contribution is -0.115. The number of aromatic nitrogens is 2. The molecule has 0 aliphatic heterocycles. The molecule has 0 atom stereocenters. The van der Waals surface area contributed by atoms with Crippen molar-refractivity contribution in [3.63, 3.8) is 0 Å². The van der Waals surface area contributed by atoms with E-state index < -0.39 is 0 Å². The van der Waals surface area contributed by atoms with Gasteiger partial charge in [-0.1, -0.05) is 0 Å². The maximum Gasteiger partial charge on any atom is 0.240 e. The lowest BCUT2D eigenvalue weighted by Crippen LogP contribution is -2.24. The minimum absolute atomic E-state index is 0.0943. The lowest BCUT2D eigenvalue weighted by Gasteiger charge is -1.99. The maximum absolute atomic E-state index is 11.3. The number of hydrogen-bond acceptors (Lipinski definition) is 5. The third-order valence-electron chi connectivity index (χ3n) is 2.06. The normalized spacial score (nSPS) is 10.2. The van der Waals surface area contributed by atoms with Gasteiger partial charge >= 0.3 is 0 Å². The molecule has 0 aliphatic rings. The summed E-state index contributed by atoms with van der Waals surface area (Å²) in [5.74, 6) is -0.0943. The third-order valence-corrected chi connectivity index (χ3v) is 2.82. The van der Waals surface area contributed by atoms with Gasteiger partial charge in [-0.2, -0.15) is 0 Å². The van der Waals surface area contributed by atoms with Gasteiger partial charge in [0.2, 0.25) is 5.91 Å². The monoisotopic (exact) mass is 248 g/mol. The summed E-state index contributed by atoms with van der Waals surface area (Å²) in [6.45, 7) is 0.282. The number of rotatable bonds is 4. The molecule has 2 N–H and O–H groups in total. The topological polar surface area (TPSA) is 66.9 Å². The van der Waals surface area contributed by atoms with Crippen molar-refractivity contribution in [2.24, 2.45) is 0 Å². The van der Waals surface area contributed by atoms with E-state index in [-0.39, 0.29) is 12.5 Å². The van der Waals surface area contributed by atoms with E-state index >= 15 is 0 Å². The average molecular weight is 248 g/mol. The van der Waals surface area contributed by atoms with E-state index in [0.29, 0.717) is 5.13 Å².